The fraction of sp³-hybridized carbons (Fsp3) is 1.00. The van der Waals surface area contributed by atoms with E-state index in [4.69, 9.17) is 14.0 Å². The summed E-state index contributed by atoms with van der Waals surface area (Å²) in [7, 11) is -2.83. The smallest absolute Gasteiger partial charge is 0.379 e. The van der Waals surface area contributed by atoms with Gasteiger partial charge in [0, 0.05) is 20.3 Å². The Labute approximate surface area is 166 Å². The normalized spacial score (nSPS) is 15.0. The largest absolute Gasteiger partial charge is 0.472 e. The van der Waals surface area contributed by atoms with E-state index >= 15 is 0 Å². The second-order valence-electron chi connectivity index (χ2n) is 7.05. The minimum absolute atomic E-state index is 0.00600. The molecule has 0 aliphatic rings. The highest BCUT2D eigenvalue weighted by molar-refractivity contribution is 7.47. The second kappa shape index (κ2) is 19.4. The maximum Gasteiger partial charge on any atom is 0.472 e. The van der Waals surface area contributed by atoms with Crippen molar-refractivity contribution in [3.8, 4) is 0 Å². The average Bonchev–Trinajstić information content (AvgIpc) is 2.66. The lowest BCUT2D eigenvalue weighted by Gasteiger charge is -2.19. The van der Waals surface area contributed by atoms with Gasteiger partial charge in [-0.05, 0) is 12.8 Å². The van der Waals surface area contributed by atoms with Crippen LogP contribution in [0.5, 0.6) is 0 Å². The van der Waals surface area contributed by atoms with Crippen LogP contribution in [-0.2, 0) is 23.1 Å². The second-order valence-corrected chi connectivity index (χ2v) is 8.61. The van der Waals surface area contributed by atoms with Gasteiger partial charge in [-0.1, -0.05) is 78.1 Å². The Morgan fingerprint density at radius 2 is 1.30 bits per heavy atom. The van der Waals surface area contributed by atoms with Gasteiger partial charge < -0.3 is 14.4 Å². The Kier molecular flexibility index (Phi) is 19.4. The van der Waals surface area contributed by atoms with E-state index in [1.54, 1.807) is 0 Å². The van der Waals surface area contributed by atoms with Crippen molar-refractivity contribution in [2.45, 2.75) is 97.0 Å². The van der Waals surface area contributed by atoms with E-state index in [2.05, 4.69) is 18.4 Å². The first-order chi connectivity index (χ1) is 13.1. The minimum atomic E-state index is -3.98. The highest BCUT2D eigenvalue weighted by Crippen LogP contribution is 2.42. The van der Waals surface area contributed by atoms with Crippen LogP contribution in [0.3, 0.4) is 0 Å². The van der Waals surface area contributed by atoms with Crippen LogP contribution in [0.4, 0.5) is 0 Å². The van der Waals surface area contributed by atoms with Gasteiger partial charge in [0.05, 0.1) is 13.2 Å². The van der Waals surface area contributed by atoms with Crippen LogP contribution in [0.15, 0.2) is 0 Å². The number of phosphoric acid groups is 1. The summed E-state index contributed by atoms with van der Waals surface area (Å²) in [6.45, 7) is 6.08. The molecule has 0 saturated carbocycles. The lowest BCUT2D eigenvalue weighted by molar-refractivity contribution is -0.0436. The summed E-state index contributed by atoms with van der Waals surface area (Å²) in [6, 6.07) is 0. The number of hydrogen-bond acceptors (Lipinski definition) is 5. The molecule has 0 aliphatic carbocycles. The van der Waals surface area contributed by atoms with Gasteiger partial charge in [0.2, 0.25) is 0 Å². The molecular formula is C20H43O6P. The van der Waals surface area contributed by atoms with Crippen molar-refractivity contribution in [1.29, 1.82) is 0 Å². The Morgan fingerprint density at radius 1 is 0.778 bits per heavy atom. The highest BCUT2D eigenvalue weighted by Gasteiger charge is 2.21. The van der Waals surface area contributed by atoms with Gasteiger partial charge in [-0.15, -0.1) is 0 Å². The van der Waals surface area contributed by atoms with Gasteiger partial charge in [0.15, 0.2) is 0 Å². The first-order valence-corrected chi connectivity index (χ1v) is 12.3. The molecule has 6 nitrogen and oxygen atoms in total. The van der Waals surface area contributed by atoms with Crippen LogP contribution < -0.4 is 0 Å². The maximum absolute atomic E-state index is 11.5. The van der Waals surface area contributed by atoms with Gasteiger partial charge in [-0.3, -0.25) is 9.05 Å². The summed E-state index contributed by atoms with van der Waals surface area (Å²) in [6.07, 6.45) is 14.1. The van der Waals surface area contributed by atoms with Crippen molar-refractivity contribution in [2.24, 2.45) is 0 Å². The van der Waals surface area contributed by atoms with Crippen LogP contribution in [0.2, 0.25) is 0 Å². The van der Waals surface area contributed by atoms with E-state index in [0.717, 1.165) is 26.4 Å². The molecule has 0 fully saturated rings. The molecule has 164 valence electrons. The molecule has 2 atom stereocenters. The molecule has 0 heterocycles. The summed E-state index contributed by atoms with van der Waals surface area (Å²) in [4.78, 5) is 9.39. The molecule has 0 spiro atoms. The molecule has 0 rings (SSSR count). The van der Waals surface area contributed by atoms with E-state index in [-0.39, 0.29) is 12.7 Å². The van der Waals surface area contributed by atoms with Crippen molar-refractivity contribution in [2.75, 3.05) is 33.5 Å². The molecule has 7 heteroatoms. The Balaban J connectivity index is 3.94. The summed E-state index contributed by atoms with van der Waals surface area (Å²) in [5.74, 6) is 0. The molecule has 1 unspecified atom stereocenters. The van der Waals surface area contributed by atoms with E-state index in [1.165, 1.54) is 57.8 Å². The Hall–Kier alpha value is 0.0300. The van der Waals surface area contributed by atoms with Gasteiger partial charge >= 0.3 is 7.82 Å². The van der Waals surface area contributed by atoms with Gasteiger partial charge in [0.1, 0.15) is 6.10 Å². The van der Waals surface area contributed by atoms with Crippen LogP contribution in [0.1, 0.15) is 90.9 Å². The number of ether oxygens (including phenoxy) is 2. The summed E-state index contributed by atoms with van der Waals surface area (Å²) in [5.41, 5.74) is 0. The zero-order valence-corrected chi connectivity index (χ0v) is 18.7. The third kappa shape index (κ3) is 19.1. The van der Waals surface area contributed by atoms with Crippen molar-refractivity contribution >= 4 is 7.82 Å². The van der Waals surface area contributed by atoms with Crippen LogP contribution in [0.25, 0.3) is 0 Å². The summed E-state index contributed by atoms with van der Waals surface area (Å²) in [5, 5.41) is 0. The van der Waals surface area contributed by atoms with E-state index < -0.39 is 7.82 Å². The van der Waals surface area contributed by atoms with E-state index in [1.807, 2.05) is 0 Å². The van der Waals surface area contributed by atoms with E-state index in [0.29, 0.717) is 19.8 Å². The maximum atomic E-state index is 11.5. The first-order valence-electron chi connectivity index (χ1n) is 10.8. The molecule has 0 aliphatic heterocycles. The lowest BCUT2D eigenvalue weighted by atomic mass is 10.1. The molecule has 0 aromatic rings. The first kappa shape index (κ1) is 27.0. The fourth-order valence-corrected chi connectivity index (χ4v) is 3.17. The van der Waals surface area contributed by atoms with Crippen molar-refractivity contribution in [3.05, 3.63) is 0 Å². The topological polar surface area (TPSA) is 74.2 Å². The number of hydrogen-bond donors (Lipinski definition) is 1. The van der Waals surface area contributed by atoms with Crippen molar-refractivity contribution in [1.82, 2.24) is 0 Å². The predicted molar refractivity (Wildman–Crippen MR) is 110 cm³/mol. The van der Waals surface area contributed by atoms with Crippen LogP contribution >= 0.6 is 7.82 Å². The quantitative estimate of drug-likeness (QED) is 0.188. The van der Waals surface area contributed by atoms with Crippen LogP contribution in [-0.4, -0.2) is 44.5 Å². The van der Waals surface area contributed by atoms with Gasteiger partial charge in [0.25, 0.3) is 0 Å². The average molecular weight is 411 g/mol. The molecule has 0 aromatic carbocycles. The Bertz CT molecular complexity index is 353. The number of phosphoric ester groups is 1. The fourth-order valence-electron chi connectivity index (χ4n) is 2.71. The summed E-state index contributed by atoms with van der Waals surface area (Å²) >= 11 is 0. The molecule has 0 aromatic heterocycles. The Morgan fingerprint density at radius 3 is 1.85 bits per heavy atom. The summed E-state index contributed by atoms with van der Waals surface area (Å²) < 4.78 is 32.4. The van der Waals surface area contributed by atoms with Crippen molar-refractivity contribution < 1.29 is 28.0 Å². The molecule has 1 N–H and O–H groups in total. The zero-order valence-electron chi connectivity index (χ0n) is 17.8. The van der Waals surface area contributed by atoms with E-state index in [9.17, 15) is 9.46 Å². The minimum Gasteiger partial charge on any atom is -0.379 e. The third-order valence-electron chi connectivity index (χ3n) is 4.45. The third-order valence-corrected chi connectivity index (χ3v) is 5.39. The van der Waals surface area contributed by atoms with Crippen molar-refractivity contribution in [3.63, 3.8) is 0 Å². The lowest BCUT2D eigenvalue weighted by Crippen LogP contribution is -2.26. The standard InChI is InChI=1S/C20H43O6P/c1-4-6-8-10-12-14-16-24-18-20(19-26-27(21,22)23-3)25-17-15-13-11-9-7-5-2/h20H,4-19H2,1-3H3,(H,21,22)/t20-/m0/s1. The molecule has 0 radical (unpaired) electrons. The monoisotopic (exact) mass is 410 g/mol. The number of unbranched alkanes of at least 4 members (excludes halogenated alkanes) is 10. The SMILES string of the molecule is CCCCCCCCOC[C@@H](COP(=O)(O)OC)OCCCCCCCC. The zero-order chi connectivity index (χ0) is 20.2. The van der Waals surface area contributed by atoms with Gasteiger partial charge in [-0.25, -0.2) is 4.57 Å². The van der Waals surface area contributed by atoms with Crippen LogP contribution in [0, 0.1) is 0 Å². The molecule has 0 bridgehead atoms. The molecule has 0 saturated heterocycles. The predicted octanol–water partition coefficient (Wildman–Crippen LogP) is 5.87. The highest BCUT2D eigenvalue weighted by atomic mass is 31.2. The molecular weight excluding hydrogens is 367 g/mol. The molecule has 27 heavy (non-hydrogen) atoms. The van der Waals surface area contributed by atoms with Gasteiger partial charge in [-0.2, -0.15) is 0 Å². The molecule has 0 amide bonds. The number of rotatable bonds is 21.